The van der Waals surface area contributed by atoms with Crippen LogP contribution in [0.5, 0.6) is 5.75 Å². The Kier molecular flexibility index (Phi) is 4.72. The van der Waals surface area contributed by atoms with Gasteiger partial charge in [0.15, 0.2) is 11.7 Å². The summed E-state index contributed by atoms with van der Waals surface area (Å²) >= 11 is 2.77. The first-order valence-corrected chi connectivity index (χ1v) is 8.70. The van der Waals surface area contributed by atoms with Crippen molar-refractivity contribution >= 4 is 38.8 Å². The fourth-order valence-electron chi connectivity index (χ4n) is 2.05. The Bertz CT molecular complexity index is 857. The summed E-state index contributed by atoms with van der Waals surface area (Å²) in [6.45, 7) is 3.71. The van der Waals surface area contributed by atoms with Gasteiger partial charge in [0.2, 0.25) is 5.13 Å². The van der Waals surface area contributed by atoms with Gasteiger partial charge in [-0.3, -0.25) is 10.1 Å². The molecule has 124 valence electrons. The zero-order valence-corrected chi connectivity index (χ0v) is 14.7. The smallest absolute Gasteiger partial charge is 0.264 e. The lowest BCUT2D eigenvalue weighted by Crippen LogP contribution is -2.20. The lowest BCUT2D eigenvalue weighted by Gasteiger charge is -2.06. The zero-order chi connectivity index (χ0) is 17.1. The van der Waals surface area contributed by atoms with Crippen molar-refractivity contribution in [2.45, 2.75) is 13.8 Å². The average Bonchev–Trinajstić information content (AvgIpc) is 3.10. The number of hydrogen-bond acceptors (Lipinski definition) is 8. The van der Waals surface area contributed by atoms with E-state index in [2.05, 4.69) is 20.5 Å². The minimum atomic E-state index is -0.279. The van der Waals surface area contributed by atoms with Crippen LogP contribution >= 0.6 is 22.7 Å². The quantitative estimate of drug-likeness (QED) is 0.724. The van der Waals surface area contributed by atoms with Crippen LogP contribution in [0.25, 0.3) is 11.3 Å². The third-order valence-electron chi connectivity index (χ3n) is 3.08. The highest BCUT2D eigenvalue weighted by molar-refractivity contribution is 7.15. The van der Waals surface area contributed by atoms with Crippen molar-refractivity contribution in [1.29, 1.82) is 0 Å². The lowest BCUT2D eigenvalue weighted by atomic mass is 10.1. The van der Waals surface area contributed by atoms with Gasteiger partial charge in [0, 0.05) is 10.4 Å². The largest absolute Gasteiger partial charge is 0.484 e. The molecule has 9 heteroatoms. The van der Waals surface area contributed by atoms with Gasteiger partial charge in [-0.25, -0.2) is 4.98 Å². The fraction of sp³-hybridized carbons (Fsp3) is 0.200. The van der Waals surface area contributed by atoms with Crippen molar-refractivity contribution in [3.8, 4) is 17.0 Å². The highest BCUT2D eigenvalue weighted by Crippen LogP contribution is 2.29. The molecule has 24 heavy (non-hydrogen) atoms. The van der Waals surface area contributed by atoms with Gasteiger partial charge < -0.3 is 10.5 Å². The number of hydrogen-bond donors (Lipinski definition) is 2. The zero-order valence-electron chi connectivity index (χ0n) is 13.1. The van der Waals surface area contributed by atoms with Crippen LogP contribution in [0.3, 0.4) is 0 Å². The molecule has 0 saturated heterocycles. The number of carbonyl (C=O) groups is 1. The molecule has 0 unspecified atom stereocenters. The predicted octanol–water partition coefficient (Wildman–Crippen LogP) is 2.88. The molecule has 3 N–H and O–H groups in total. The molecule has 0 aliphatic rings. The number of nitrogen functional groups attached to an aromatic ring is 1. The molecular weight excluding hydrogens is 346 g/mol. The molecule has 0 spiro atoms. The maximum absolute atomic E-state index is 11.8. The summed E-state index contributed by atoms with van der Waals surface area (Å²) < 4.78 is 5.48. The molecular formula is C15H15N5O2S2. The van der Waals surface area contributed by atoms with E-state index >= 15 is 0 Å². The molecule has 0 aliphatic heterocycles. The molecule has 0 fully saturated rings. The molecule has 3 aromatic rings. The number of ether oxygens (including phenoxy) is 1. The lowest BCUT2D eigenvalue weighted by molar-refractivity contribution is -0.118. The Morgan fingerprint density at radius 2 is 1.96 bits per heavy atom. The van der Waals surface area contributed by atoms with E-state index in [1.54, 1.807) is 12.1 Å². The first-order chi connectivity index (χ1) is 11.5. The number of amides is 1. The van der Waals surface area contributed by atoms with Crippen molar-refractivity contribution < 1.29 is 9.53 Å². The van der Waals surface area contributed by atoms with Gasteiger partial charge in [0.05, 0.1) is 5.69 Å². The van der Waals surface area contributed by atoms with Crippen LogP contribution in [0.4, 0.5) is 10.3 Å². The predicted molar refractivity (Wildman–Crippen MR) is 95.5 cm³/mol. The van der Waals surface area contributed by atoms with E-state index in [9.17, 15) is 4.79 Å². The molecule has 0 aliphatic carbocycles. The Hall–Kier alpha value is -2.52. The Labute approximate surface area is 146 Å². The molecule has 1 aromatic carbocycles. The van der Waals surface area contributed by atoms with Crippen LogP contribution in [0, 0.1) is 13.8 Å². The summed E-state index contributed by atoms with van der Waals surface area (Å²) in [6.07, 6.45) is 0. The maximum Gasteiger partial charge on any atom is 0.264 e. The number of rotatable bonds is 5. The highest BCUT2D eigenvalue weighted by atomic mass is 32.1. The molecule has 1 amide bonds. The highest BCUT2D eigenvalue weighted by Gasteiger charge is 2.10. The van der Waals surface area contributed by atoms with Crippen molar-refractivity contribution in [2.24, 2.45) is 0 Å². The van der Waals surface area contributed by atoms with Crippen molar-refractivity contribution in [1.82, 2.24) is 15.2 Å². The molecule has 2 heterocycles. The van der Waals surface area contributed by atoms with E-state index in [4.69, 9.17) is 10.5 Å². The number of aryl methyl sites for hydroxylation is 2. The third-order valence-corrected chi connectivity index (χ3v) is 4.64. The number of nitrogens with one attached hydrogen (secondary N) is 1. The number of benzene rings is 1. The van der Waals surface area contributed by atoms with Crippen LogP contribution in [0.1, 0.15) is 9.88 Å². The van der Waals surface area contributed by atoms with E-state index in [0.29, 0.717) is 16.0 Å². The molecule has 7 nitrogen and oxygen atoms in total. The topological polar surface area (TPSA) is 103 Å². The van der Waals surface area contributed by atoms with Crippen molar-refractivity contribution in [3.63, 3.8) is 0 Å². The van der Waals surface area contributed by atoms with Gasteiger partial charge in [0.25, 0.3) is 5.91 Å². The average molecular weight is 361 g/mol. The van der Waals surface area contributed by atoms with E-state index in [1.807, 2.05) is 26.0 Å². The molecule has 0 radical (unpaired) electrons. The summed E-state index contributed by atoms with van der Waals surface area (Å²) in [5.74, 6) is 0.321. The van der Waals surface area contributed by atoms with Crippen LogP contribution < -0.4 is 15.8 Å². The molecule has 3 rings (SSSR count). The third kappa shape index (κ3) is 3.87. The number of thiazole rings is 1. The number of nitrogens with zero attached hydrogens (tertiary/aromatic N) is 3. The number of anilines is 2. The first-order valence-electron chi connectivity index (χ1n) is 7.07. The van der Waals surface area contributed by atoms with Crippen molar-refractivity contribution in [3.05, 3.63) is 34.2 Å². The monoisotopic (exact) mass is 361 g/mol. The Balaban J connectivity index is 1.58. The number of carbonyl (C=O) groups excluding carboxylic acids is 1. The minimum Gasteiger partial charge on any atom is -0.484 e. The van der Waals surface area contributed by atoms with Gasteiger partial charge in [-0.05, 0) is 38.1 Å². The van der Waals surface area contributed by atoms with Gasteiger partial charge >= 0.3 is 0 Å². The van der Waals surface area contributed by atoms with Gasteiger partial charge in [-0.15, -0.1) is 21.5 Å². The SMILES string of the molecule is Cc1nnc(NC(=O)COc2ccc(-c3nc(N)sc3C)cc2)s1. The Morgan fingerprint density at radius 1 is 1.21 bits per heavy atom. The number of aromatic nitrogens is 3. The second-order valence-corrected chi connectivity index (χ2v) is 7.36. The van der Waals surface area contributed by atoms with Crippen LogP contribution in [0.15, 0.2) is 24.3 Å². The van der Waals surface area contributed by atoms with E-state index < -0.39 is 0 Å². The summed E-state index contributed by atoms with van der Waals surface area (Å²) in [7, 11) is 0. The summed E-state index contributed by atoms with van der Waals surface area (Å²) in [5.41, 5.74) is 7.55. The number of nitrogens with two attached hydrogens (primary N) is 1. The Morgan fingerprint density at radius 3 is 2.54 bits per heavy atom. The second kappa shape index (κ2) is 6.93. The van der Waals surface area contributed by atoms with E-state index in [0.717, 1.165) is 21.1 Å². The maximum atomic E-state index is 11.8. The normalized spacial score (nSPS) is 10.6. The second-order valence-electron chi connectivity index (χ2n) is 4.94. The minimum absolute atomic E-state index is 0.0966. The standard InChI is InChI=1S/C15H15N5O2S2/c1-8-13(18-14(16)23-8)10-3-5-11(6-4-10)22-7-12(21)17-15-20-19-9(2)24-15/h3-6H,7H2,1-2H3,(H2,16,18)(H,17,20,21). The molecule has 0 saturated carbocycles. The van der Waals surface area contributed by atoms with Crippen LogP contribution in [-0.2, 0) is 4.79 Å². The van der Waals surface area contributed by atoms with Crippen LogP contribution in [0.2, 0.25) is 0 Å². The van der Waals surface area contributed by atoms with Crippen LogP contribution in [-0.4, -0.2) is 27.7 Å². The van der Waals surface area contributed by atoms with Gasteiger partial charge in [-0.2, -0.15) is 0 Å². The first kappa shape index (κ1) is 16.3. The van der Waals surface area contributed by atoms with Gasteiger partial charge in [-0.1, -0.05) is 11.3 Å². The molecule has 0 bridgehead atoms. The van der Waals surface area contributed by atoms with E-state index in [1.165, 1.54) is 22.7 Å². The van der Waals surface area contributed by atoms with Gasteiger partial charge in [0.1, 0.15) is 10.8 Å². The molecule has 2 aromatic heterocycles. The summed E-state index contributed by atoms with van der Waals surface area (Å²) in [4.78, 5) is 17.2. The van der Waals surface area contributed by atoms with E-state index in [-0.39, 0.29) is 12.5 Å². The van der Waals surface area contributed by atoms with Crippen molar-refractivity contribution in [2.75, 3.05) is 17.7 Å². The fourth-order valence-corrected chi connectivity index (χ4v) is 3.36. The molecule has 0 atom stereocenters. The summed E-state index contributed by atoms with van der Waals surface area (Å²) in [6, 6.07) is 7.38. The summed E-state index contributed by atoms with van der Waals surface area (Å²) in [5, 5.41) is 12.1.